The van der Waals surface area contributed by atoms with E-state index < -0.39 is 0 Å². The lowest BCUT2D eigenvalue weighted by atomic mass is 9.43. The Morgan fingerprint density at radius 2 is 0.929 bits per heavy atom. The van der Waals surface area contributed by atoms with E-state index in [-0.39, 0.29) is 10.8 Å². The van der Waals surface area contributed by atoms with Crippen LogP contribution in [-0.4, -0.2) is 0 Å². The summed E-state index contributed by atoms with van der Waals surface area (Å²) in [5.41, 5.74) is 22.6. The van der Waals surface area contributed by atoms with Crippen LogP contribution in [-0.2, 0) is 10.8 Å². The highest BCUT2D eigenvalue weighted by molar-refractivity contribution is 6.24. The minimum Gasteiger partial charge on any atom is -0.309 e. The number of hydrogen-bond acceptors (Lipinski definition) is 1. The van der Waals surface area contributed by atoms with Crippen molar-refractivity contribution in [1.29, 1.82) is 0 Å². The third kappa shape index (κ3) is 5.61. The van der Waals surface area contributed by atoms with Crippen LogP contribution in [0.3, 0.4) is 0 Å². The third-order valence-electron chi connectivity index (χ3n) is 18.2. The van der Waals surface area contributed by atoms with E-state index in [0.29, 0.717) is 0 Å². The van der Waals surface area contributed by atoms with Crippen LogP contribution in [0, 0.1) is 23.7 Å². The molecule has 0 heterocycles. The number of benzene rings is 10. The van der Waals surface area contributed by atoms with Crippen LogP contribution < -0.4 is 4.90 Å². The maximum Gasteiger partial charge on any atom is 0.0546 e. The van der Waals surface area contributed by atoms with Gasteiger partial charge in [-0.2, -0.15) is 0 Å². The molecule has 0 amide bonds. The summed E-state index contributed by atoms with van der Waals surface area (Å²) in [5, 5.41) is 5.00. The van der Waals surface area contributed by atoms with Crippen molar-refractivity contribution in [3.05, 3.63) is 235 Å². The summed E-state index contributed by atoms with van der Waals surface area (Å²) in [6.45, 7) is 4.79. The molecule has 336 valence electrons. The molecule has 0 N–H and O–H groups in total. The number of anilines is 3. The summed E-state index contributed by atoms with van der Waals surface area (Å²) in [4.78, 5) is 2.59. The normalized spacial score (nSPS) is 21.7. The van der Waals surface area contributed by atoms with E-state index in [4.69, 9.17) is 0 Å². The minimum absolute atomic E-state index is 0.139. The summed E-state index contributed by atoms with van der Waals surface area (Å²) >= 11 is 0. The first-order chi connectivity index (χ1) is 34.4. The zero-order chi connectivity index (χ0) is 46.3. The van der Waals surface area contributed by atoms with E-state index >= 15 is 0 Å². The average Bonchev–Trinajstić information content (AvgIpc) is 3.84. The number of rotatable bonds is 6. The highest BCUT2D eigenvalue weighted by Crippen LogP contribution is 2.69. The summed E-state index contributed by atoms with van der Waals surface area (Å²) in [5.74, 6) is 3.32. The third-order valence-corrected chi connectivity index (χ3v) is 18.2. The van der Waals surface area contributed by atoms with E-state index in [1.54, 1.807) is 11.1 Å². The predicted octanol–water partition coefficient (Wildman–Crippen LogP) is 18.5. The van der Waals surface area contributed by atoms with Crippen molar-refractivity contribution >= 4 is 38.6 Å². The van der Waals surface area contributed by atoms with Crippen molar-refractivity contribution in [2.24, 2.45) is 23.7 Å². The second-order valence-corrected chi connectivity index (χ2v) is 22.0. The summed E-state index contributed by atoms with van der Waals surface area (Å²) in [7, 11) is 0. The van der Waals surface area contributed by atoms with E-state index in [1.807, 2.05) is 0 Å². The second-order valence-electron chi connectivity index (χ2n) is 22.0. The van der Waals surface area contributed by atoms with E-state index in [2.05, 4.69) is 231 Å². The molecule has 10 aromatic rings. The monoisotopic (exact) mass is 897 g/mol. The maximum atomic E-state index is 2.64. The molecule has 16 rings (SSSR count). The Kier molecular flexibility index (Phi) is 8.67. The van der Waals surface area contributed by atoms with Crippen molar-refractivity contribution in [2.45, 2.75) is 56.8 Å². The molecule has 4 fully saturated rings. The Balaban J connectivity index is 0.954. The van der Waals surface area contributed by atoms with Crippen LogP contribution in [0.1, 0.15) is 68.2 Å². The second kappa shape index (κ2) is 15.0. The molecule has 1 heteroatoms. The Hall–Kier alpha value is -7.48. The van der Waals surface area contributed by atoms with Crippen molar-refractivity contribution in [3.63, 3.8) is 0 Å². The first kappa shape index (κ1) is 40.4. The van der Waals surface area contributed by atoms with E-state index in [0.717, 1.165) is 29.4 Å². The van der Waals surface area contributed by atoms with Gasteiger partial charge in [0.1, 0.15) is 0 Å². The maximum absolute atomic E-state index is 2.64. The number of fused-ring (bicyclic) bond motifs is 9. The van der Waals surface area contributed by atoms with Crippen LogP contribution in [0.2, 0.25) is 0 Å². The van der Waals surface area contributed by atoms with Crippen LogP contribution in [0.4, 0.5) is 17.1 Å². The van der Waals surface area contributed by atoms with Crippen LogP contribution >= 0.6 is 0 Å². The van der Waals surface area contributed by atoms with Gasteiger partial charge in [0.2, 0.25) is 0 Å². The molecule has 4 bridgehead atoms. The van der Waals surface area contributed by atoms with Gasteiger partial charge < -0.3 is 4.90 Å². The quantitative estimate of drug-likeness (QED) is 0.150. The van der Waals surface area contributed by atoms with Gasteiger partial charge in [0.25, 0.3) is 0 Å². The molecule has 1 nitrogen and oxygen atoms in total. The Bertz CT molecular complexity index is 3720. The van der Waals surface area contributed by atoms with E-state index in [1.165, 1.54) is 132 Å². The molecule has 1 spiro atoms. The molecule has 0 aliphatic heterocycles. The van der Waals surface area contributed by atoms with Gasteiger partial charge in [-0.25, -0.2) is 0 Å². The van der Waals surface area contributed by atoms with Crippen LogP contribution in [0.15, 0.2) is 212 Å². The number of hydrogen-bond donors (Lipinski definition) is 0. The average molecular weight is 898 g/mol. The number of nitrogens with zero attached hydrogens (tertiary/aromatic N) is 1. The fraction of sp³-hybridized carbons (Fsp3) is 0.188. The molecule has 4 saturated carbocycles. The largest absolute Gasteiger partial charge is 0.309 e. The molecule has 0 atom stereocenters. The van der Waals surface area contributed by atoms with Gasteiger partial charge >= 0.3 is 0 Å². The zero-order valence-electron chi connectivity index (χ0n) is 40.0. The Morgan fingerprint density at radius 1 is 0.371 bits per heavy atom. The highest BCUT2D eigenvalue weighted by atomic mass is 15.1. The lowest BCUT2D eigenvalue weighted by molar-refractivity contribution is -0.0399. The van der Waals surface area contributed by atoms with Crippen molar-refractivity contribution in [2.75, 3.05) is 4.90 Å². The zero-order valence-corrected chi connectivity index (χ0v) is 40.0. The van der Waals surface area contributed by atoms with Gasteiger partial charge in [-0.1, -0.05) is 196 Å². The predicted molar refractivity (Wildman–Crippen MR) is 293 cm³/mol. The summed E-state index contributed by atoms with van der Waals surface area (Å²) in [6.07, 6.45) is 7.04. The van der Waals surface area contributed by atoms with Gasteiger partial charge in [-0.15, -0.1) is 0 Å². The van der Waals surface area contributed by atoms with Crippen molar-refractivity contribution in [1.82, 2.24) is 0 Å². The molecular formula is C69H55N. The Labute approximate surface area is 412 Å². The highest BCUT2D eigenvalue weighted by Gasteiger charge is 2.61. The molecule has 0 saturated heterocycles. The van der Waals surface area contributed by atoms with Gasteiger partial charge in [0.15, 0.2) is 0 Å². The molecule has 0 unspecified atom stereocenters. The van der Waals surface area contributed by atoms with E-state index in [9.17, 15) is 0 Å². The fourth-order valence-electron chi connectivity index (χ4n) is 15.6. The molecule has 6 aliphatic rings. The first-order valence-electron chi connectivity index (χ1n) is 25.9. The molecule has 0 radical (unpaired) electrons. The smallest absolute Gasteiger partial charge is 0.0546 e. The lowest BCUT2D eigenvalue weighted by Crippen LogP contribution is -2.55. The van der Waals surface area contributed by atoms with Crippen LogP contribution in [0.25, 0.3) is 77.2 Å². The fourth-order valence-corrected chi connectivity index (χ4v) is 15.6. The van der Waals surface area contributed by atoms with Gasteiger partial charge in [0, 0.05) is 32.9 Å². The van der Waals surface area contributed by atoms with Crippen molar-refractivity contribution in [3.8, 4) is 55.6 Å². The SMILES string of the molecule is CC1(C)c2ccccc2-c2c(N(c3ccc(-c4ccc5c(c4)C4(c6ccccc6-5)C5CC6CC(C5)CC4C6)cc3)c3cc4cccc(-c5ccccc5)c4c4c(-c5ccccc5)cccc34)cccc21. The molecule has 70 heavy (non-hydrogen) atoms. The summed E-state index contributed by atoms with van der Waals surface area (Å²) in [6, 6.07) is 81.0. The standard InChI is InChI=1S/C69H55N/c1-68(2)59-26-11-10-22-57(59)67-61(68)28-15-29-63(67)70(64-42-49-20-13-23-53(46-16-5-3-6-17-46)65(49)66-54(24-14-25-58(64)66)47-18-7-4-8-19-47)52-33-30-45(31-34-52)48-32-35-56-55-21-9-12-27-60(55)69(62(56)41-48)50-37-43-36-44(39-50)40-51(69)38-43/h3-35,41-44,50-51H,36-40H2,1-2H3. The first-order valence-corrected chi connectivity index (χ1v) is 25.9. The van der Waals surface area contributed by atoms with Crippen molar-refractivity contribution < 1.29 is 0 Å². The molecular weight excluding hydrogens is 843 g/mol. The van der Waals surface area contributed by atoms with Crippen LogP contribution in [0.5, 0.6) is 0 Å². The van der Waals surface area contributed by atoms with Gasteiger partial charge in [-0.05, 0) is 169 Å². The van der Waals surface area contributed by atoms with Gasteiger partial charge in [-0.3, -0.25) is 0 Å². The topological polar surface area (TPSA) is 3.24 Å². The van der Waals surface area contributed by atoms with Gasteiger partial charge in [0.05, 0.1) is 11.4 Å². The lowest BCUT2D eigenvalue weighted by Gasteiger charge is -2.61. The molecule has 10 aromatic carbocycles. The molecule has 0 aromatic heterocycles. The Morgan fingerprint density at radius 3 is 1.64 bits per heavy atom. The summed E-state index contributed by atoms with van der Waals surface area (Å²) < 4.78 is 0. The minimum atomic E-state index is -0.143. The molecule has 6 aliphatic carbocycles.